The van der Waals surface area contributed by atoms with Gasteiger partial charge >= 0.3 is 0 Å². The van der Waals surface area contributed by atoms with Gasteiger partial charge in [0.05, 0.1) is 24.5 Å². The Bertz CT molecular complexity index is 1140. The number of nitrogens with zero attached hydrogens (tertiary/aromatic N) is 2. The number of furan rings is 1. The molecule has 4 aromatic rings. The molecule has 5 rings (SSSR count). The fourth-order valence-electron chi connectivity index (χ4n) is 3.65. The van der Waals surface area contributed by atoms with Gasteiger partial charge in [-0.1, -0.05) is 35.6 Å². The summed E-state index contributed by atoms with van der Waals surface area (Å²) >= 11 is 1.46. The van der Waals surface area contributed by atoms with Gasteiger partial charge in [-0.25, -0.2) is 4.98 Å². The molecule has 0 unspecified atom stereocenters. The minimum Gasteiger partial charge on any atom is -0.494 e. The van der Waals surface area contributed by atoms with Crippen molar-refractivity contribution in [3.8, 4) is 5.75 Å². The van der Waals surface area contributed by atoms with Crippen molar-refractivity contribution in [2.45, 2.75) is 18.9 Å². The monoisotopic (exact) mass is 408 g/mol. The number of benzene rings is 2. The Hall–Kier alpha value is -2.90. The van der Waals surface area contributed by atoms with Crippen LogP contribution in [0, 0.1) is 0 Å². The molecule has 1 fully saturated rings. The van der Waals surface area contributed by atoms with Crippen molar-refractivity contribution in [2.75, 3.05) is 25.2 Å². The summed E-state index contributed by atoms with van der Waals surface area (Å²) in [4.78, 5) is 19.9. The molecule has 6 nitrogen and oxygen atoms in total. The number of hydrogen-bond donors (Lipinski definition) is 0. The van der Waals surface area contributed by atoms with Crippen molar-refractivity contribution in [3.63, 3.8) is 0 Å². The molecule has 1 atom stereocenters. The molecule has 1 saturated heterocycles. The Morgan fingerprint density at radius 2 is 2.17 bits per heavy atom. The predicted molar refractivity (Wildman–Crippen MR) is 113 cm³/mol. The lowest BCUT2D eigenvalue weighted by molar-refractivity contribution is 0.0896. The average molecular weight is 408 g/mol. The van der Waals surface area contributed by atoms with E-state index in [0.717, 1.165) is 35.1 Å². The fourth-order valence-corrected chi connectivity index (χ4v) is 4.64. The fraction of sp³-hybridized carbons (Fsp3) is 0.273. The van der Waals surface area contributed by atoms with Crippen LogP contribution >= 0.6 is 11.3 Å². The molecule has 3 heterocycles. The highest BCUT2D eigenvalue weighted by atomic mass is 32.1. The molecule has 0 saturated carbocycles. The normalized spacial score (nSPS) is 16.5. The van der Waals surface area contributed by atoms with E-state index in [1.54, 1.807) is 18.1 Å². The van der Waals surface area contributed by atoms with Crippen molar-refractivity contribution in [1.82, 2.24) is 4.98 Å². The third-order valence-corrected chi connectivity index (χ3v) is 6.16. The minimum absolute atomic E-state index is 0.00256. The number of carbonyl (C=O) groups excluding carboxylic acids is 1. The second-order valence-corrected chi connectivity index (χ2v) is 8.01. The quantitative estimate of drug-likeness (QED) is 0.471. The molecule has 0 radical (unpaired) electrons. The summed E-state index contributed by atoms with van der Waals surface area (Å²) in [6.07, 6.45) is 1.93. The first-order chi connectivity index (χ1) is 14.2. The summed E-state index contributed by atoms with van der Waals surface area (Å²) in [5, 5.41) is 1.52. The number of amides is 1. The van der Waals surface area contributed by atoms with E-state index in [4.69, 9.17) is 18.9 Å². The largest absolute Gasteiger partial charge is 0.494 e. The maximum atomic E-state index is 13.4. The molecule has 0 bridgehead atoms. The smallest absolute Gasteiger partial charge is 0.295 e. The molecule has 0 spiro atoms. The van der Waals surface area contributed by atoms with E-state index in [-0.39, 0.29) is 12.0 Å². The van der Waals surface area contributed by atoms with Crippen LogP contribution in [-0.4, -0.2) is 37.3 Å². The van der Waals surface area contributed by atoms with Crippen LogP contribution in [0.1, 0.15) is 23.4 Å². The van der Waals surface area contributed by atoms with Crippen LogP contribution in [-0.2, 0) is 4.74 Å². The summed E-state index contributed by atoms with van der Waals surface area (Å²) < 4.78 is 18.0. The summed E-state index contributed by atoms with van der Waals surface area (Å²) in [7, 11) is 1.62. The molecule has 1 aliphatic rings. The van der Waals surface area contributed by atoms with Gasteiger partial charge < -0.3 is 13.9 Å². The highest BCUT2D eigenvalue weighted by Gasteiger charge is 2.29. The van der Waals surface area contributed by atoms with Gasteiger partial charge in [0.1, 0.15) is 16.8 Å². The van der Waals surface area contributed by atoms with E-state index in [2.05, 4.69) is 0 Å². The highest BCUT2D eigenvalue weighted by Crippen LogP contribution is 2.35. The Morgan fingerprint density at radius 1 is 1.28 bits per heavy atom. The number of carbonyl (C=O) groups is 1. The van der Waals surface area contributed by atoms with Gasteiger partial charge in [-0.15, -0.1) is 0 Å². The molecule has 1 aliphatic heterocycles. The van der Waals surface area contributed by atoms with E-state index in [1.807, 2.05) is 42.5 Å². The van der Waals surface area contributed by atoms with Gasteiger partial charge in [0.25, 0.3) is 5.91 Å². The Kier molecular flexibility index (Phi) is 4.69. The first-order valence-corrected chi connectivity index (χ1v) is 10.4. The number of thiazole rings is 1. The van der Waals surface area contributed by atoms with E-state index >= 15 is 0 Å². The first-order valence-electron chi connectivity index (χ1n) is 9.58. The van der Waals surface area contributed by atoms with Crippen LogP contribution in [0.3, 0.4) is 0 Å². The zero-order valence-electron chi connectivity index (χ0n) is 16.0. The maximum absolute atomic E-state index is 13.4. The van der Waals surface area contributed by atoms with Crippen molar-refractivity contribution in [1.29, 1.82) is 0 Å². The molecule has 1 amide bonds. The zero-order chi connectivity index (χ0) is 19.8. The zero-order valence-corrected chi connectivity index (χ0v) is 16.8. The number of aromatic nitrogens is 1. The number of ether oxygens (including phenoxy) is 2. The summed E-state index contributed by atoms with van der Waals surface area (Å²) in [5.74, 6) is 0.781. The maximum Gasteiger partial charge on any atom is 0.295 e. The van der Waals surface area contributed by atoms with Crippen molar-refractivity contribution in [2.24, 2.45) is 0 Å². The topological polar surface area (TPSA) is 64.8 Å². The van der Waals surface area contributed by atoms with Crippen LogP contribution in [0.15, 0.2) is 52.9 Å². The second kappa shape index (κ2) is 7.50. The van der Waals surface area contributed by atoms with Crippen LogP contribution in [0.2, 0.25) is 0 Å². The number of methoxy groups -OCH3 is 1. The van der Waals surface area contributed by atoms with E-state index in [1.165, 1.54) is 11.3 Å². The summed E-state index contributed by atoms with van der Waals surface area (Å²) in [6.45, 7) is 1.17. The number of hydrogen-bond acceptors (Lipinski definition) is 6. The molecule has 29 heavy (non-hydrogen) atoms. The molecule has 7 heteroatoms. The standard InChI is InChI=1S/C22H20N2O4S/c1-26-17-9-4-10-19-20(17)23-22(29-19)24(13-15-7-5-11-27-15)21(25)18-12-14-6-2-3-8-16(14)28-18/h2-4,6,8-10,12,15H,5,7,11,13H2,1H3/t15-/m1/s1. The molecular formula is C22H20N2O4S. The summed E-state index contributed by atoms with van der Waals surface area (Å²) in [6, 6.07) is 15.2. The van der Waals surface area contributed by atoms with E-state index in [0.29, 0.717) is 28.8 Å². The number of anilines is 1. The van der Waals surface area contributed by atoms with Gasteiger partial charge in [0, 0.05) is 12.0 Å². The lowest BCUT2D eigenvalue weighted by Gasteiger charge is -2.22. The Balaban J connectivity index is 1.56. The molecule has 148 valence electrons. The number of rotatable bonds is 5. The Morgan fingerprint density at radius 3 is 2.97 bits per heavy atom. The van der Waals surface area contributed by atoms with Gasteiger partial charge in [-0.2, -0.15) is 0 Å². The molecule has 2 aromatic carbocycles. The lowest BCUT2D eigenvalue weighted by Crippen LogP contribution is -2.37. The van der Waals surface area contributed by atoms with Crippen LogP contribution in [0.25, 0.3) is 21.2 Å². The highest BCUT2D eigenvalue weighted by molar-refractivity contribution is 7.22. The van der Waals surface area contributed by atoms with E-state index < -0.39 is 0 Å². The van der Waals surface area contributed by atoms with Gasteiger partial charge in [0.2, 0.25) is 0 Å². The van der Waals surface area contributed by atoms with Gasteiger partial charge in [-0.3, -0.25) is 9.69 Å². The molecule has 2 aromatic heterocycles. The molecular weight excluding hydrogens is 388 g/mol. The SMILES string of the molecule is COc1cccc2sc(N(C[C@H]3CCCO3)C(=O)c3cc4ccccc4o3)nc12. The molecule has 0 N–H and O–H groups in total. The van der Waals surface area contributed by atoms with Crippen molar-refractivity contribution >= 4 is 43.6 Å². The molecule has 0 aliphatic carbocycles. The average Bonchev–Trinajstić information content (AvgIpc) is 3.49. The lowest BCUT2D eigenvalue weighted by atomic mass is 10.2. The van der Waals surface area contributed by atoms with Crippen molar-refractivity contribution < 1.29 is 18.7 Å². The number of para-hydroxylation sites is 2. The van der Waals surface area contributed by atoms with E-state index in [9.17, 15) is 4.79 Å². The van der Waals surface area contributed by atoms with Crippen LogP contribution < -0.4 is 9.64 Å². The van der Waals surface area contributed by atoms with Gasteiger partial charge in [-0.05, 0) is 37.1 Å². The summed E-state index contributed by atoms with van der Waals surface area (Å²) in [5.41, 5.74) is 1.45. The Labute approximate surface area is 171 Å². The van der Waals surface area contributed by atoms with Crippen LogP contribution in [0.5, 0.6) is 5.75 Å². The minimum atomic E-state index is -0.213. The van der Waals surface area contributed by atoms with Crippen molar-refractivity contribution in [3.05, 3.63) is 54.3 Å². The van der Waals surface area contributed by atoms with Crippen LogP contribution in [0.4, 0.5) is 5.13 Å². The third-order valence-electron chi connectivity index (χ3n) is 5.11. The number of fused-ring (bicyclic) bond motifs is 2. The predicted octanol–water partition coefficient (Wildman–Crippen LogP) is 4.88. The first kappa shape index (κ1) is 18.1. The van der Waals surface area contributed by atoms with Gasteiger partial charge in [0.15, 0.2) is 10.9 Å². The third kappa shape index (κ3) is 3.36. The second-order valence-electron chi connectivity index (χ2n) is 7.00.